The highest BCUT2D eigenvalue weighted by molar-refractivity contribution is 6.03. The predicted molar refractivity (Wildman–Crippen MR) is 116 cm³/mol. The van der Waals surface area contributed by atoms with Crippen molar-refractivity contribution < 1.29 is 23.9 Å². The maximum absolute atomic E-state index is 12.5. The zero-order valence-corrected chi connectivity index (χ0v) is 17.6. The van der Waals surface area contributed by atoms with E-state index in [1.807, 2.05) is 37.3 Å². The molecular weight excluding hydrogens is 384 g/mol. The first kappa shape index (κ1) is 22.9. The maximum atomic E-state index is 12.5. The number of esters is 1. The van der Waals surface area contributed by atoms with E-state index in [1.54, 1.807) is 0 Å². The van der Waals surface area contributed by atoms with E-state index in [0.29, 0.717) is 30.2 Å². The summed E-state index contributed by atoms with van der Waals surface area (Å²) in [5.41, 5.74) is 1.90. The molecule has 7 heteroatoms. The van der Waals surface area contributed by atoms with Crippen LogP contribution in [0.25, 0.3) is 0 Å². The summed E-state index contributed by atoms with van der Waals surface area (Å²) in [5.74, 6) is -0.835. The Bertz CT molecular complexity index is 881. The first-order valence-electron chi connectivity index (χ1n) is 9.95. The number of nitrogens with one attached hydrogen (secondary N) is 2. The molecule has 0 aliphatic heterocycles. The highest BCUT2D eigenvalue weighted by atomic mass is 16.5. The van der Waals surface area contributed by atoms with Gasteiger partial charge in [0.2, 0.25) is 11.8 Å². The largest absolute Gasteiger partial charge is 0.493 e. The average Bonchev–Trinajstić information content (AvgIpc) is 2.73. The second-order valence-corrected chi connectivity index (χ2v) is 6.80. The Labute approximate surface area is 176 Å². The number of methoxy groups -OCH3 is 1. The van der Waals surface area contributed by atoms with E-state index < -0.39 is 5.97 Å². The molecule has 0 aliphatic rings. The first-order valence-corrected chi connectivity index (χ1v) is 9.95. The Morgan fingerprint density at radius 2 is 1.70 bits per heavy atom. The molecule has 0 saturated carbocycles. The van der Waals surface area contributed by atoms with E-state index in [4.69, 9.17) is 9.47 Å². The molecule has 0 saturated heterocycles. The number of aryl methyl sites for hydroxylation is 1. The lowest BCUT2D eigenvalue weighted by molar-refractivity contribution is -0.116. The van der Waals surface area contributed by atoms with Crippen LogP contribution in [0.3, 0.4) is 0 Å². The van der Waals surface area contributed by atoms with Crippen LogP contribution in [0.4, 0.5) is 11.4 Å². The zero-order chi connectivity index (χ0) is 21.9. The zero-order valence-electron chi connectivity index (χ0n) is 17.6. The fraction of sp³-hybridized carbons (Fsp3) is 0.348. The topological polar surface area (TPSA) is 93.7 Å². The van der Waals surface area contributed by atoms with Crippen LogP contribution in [0.15, 0.2) is 42.5 Å². The van der Waals surface area contributed by atoms with Crippen LogP contribution in [0.1, 0.15) is 49.0 Å². The molecule has 160 valence electrons. The molecule has 0 heterocycles. The van der Waals surface area contributed by atoms with Gasteiger partial charge in [-0.1, -0.05) is 43.7 Å². The van der Waals surface area contributed by atoms with Gasteiger partial charge in [-0.15, -0.1) is 0 Å². The van der Waals surface area contributed by atoms with Gasteiger partial charge in [0.25, 0.3) is 0 Å². The summed E-state index contributed by atoms with van der Waals surface area (Å²) in [5, 5.41) is 5.46. The number of benzene rings is 2. The van der Waals surface area contributed by atoms with Gasteiger partial charge in [0, 0.05) is 19.4 Å². The van der Waals surface area contributed by atoms with Crippen molar-refractivity contribution in [2.24, 2.45) is 0 Å². The van der Waals surface area contributed by atoms with Gasteiger partial charge >= 0.3 is 5.97 Å². The van der Waals surface area contributed by atoms with Crippen LogP contribution in [-0.4, -0.2) is 31.5 Å². The van der Waals surface area contributed by atoms with E-state index in [2.05, 4.69) is 10.6 Å². The number of carbonyl (C=O) groups excluding carboxylic acids is 3. The number of carbonyl (C=O) groups is 3. The molecule has 30 heavy (non-hydrogen) atoms. The number of anilines is 2. The molecule has 2 amide bonds. The van der Waals surface area contributed by atoms with Gasteiger partial charge in [-0.2, -0.15) is 0 Å². The highest BCUT2D eigenvalue weighted by Crippen LogP contribution is 2.32. The second-order valence-electron chi connectivity index (χ2n) is 6.80. The van der Waals surface area contributed by atoms with Crippen LogP contribution in [0.5, 0.6) is 5.75 Å². The van der Waals surface area contributed by atoms with Crippen molar-refractivity contribution in [2.45, 2.75) is 39.5 Å². The maximum Gasteiger partial charge on any atom is 0.341 e. The SMILES string of the molecule is CCCCOc1cc(NC(C)=O)c(NC(=O)CCc2ccccc2)cc1C(=O)OC. The van der Waals surface area contributed by atoms with Crippen molar-refractivity contribution in [1.29, 1.82) is 0 Å². The summed E-state index contributed by atoms with van der Waals surface area (Å²) in [7, 11) is 1.28. The first-order chi connectivity index (χ1) is 14.4. The van der Waals surface area contributed by atoms with Crippen molar-refractivity contribution in [1.82, 2.24) is 0 Å². The number of amides is 2. The van der Waals surface area contributed by atoms with Crippen LogP contribution in [0, 0.1) is 0 Å². The van der Waals surface area contributed by atoms with Gasteiger partial charge in [0.1, 0.15) is 11.3 Å². The minimum absolute atomic E-state index is 0.182. The van der Waals surface area contributed by atoms with E-state index in [9.17, 15) is 14.4 Å². The molecule has 0 atom stereocenters. The molecule has 0 aliphatic carbocycles. The molecule has 0 bridgehead atoms. The molecule has 2 aromatic carbocycles. The number of hydrogen-bond donors (Lipinski definition) is 2. The summed E-state index contributed by atoms with van der Waals surface area (Å²) in [6, 6.07) is 12.7. The molecular formula is C23H28N2O5. The summed E-state index contributed by atoms with van der Waals surface area (Å²) in [6.07, 6.45) is 2.58. The standard InChI is InChI=1S/C23H28N2O5/c1-4-5-13-30-21-15-20(24-16(2)26)19(14-18(21)23(28)29-3)25-22(27)12-11-17-9-7-6-8-10-17/h6-10,14-15H,4-5,11-13H2,1-3H3,(H,24,26)(H,25,27). The van der Waals surface area contributed by atoms with E-state index in [-0.39, 0.29) is 23.8 Å². The number of ether oxygens (including phenoxy) is 2. The van der Waals surface area contributed by atoms with Gasteiger partial charge in [-0.3, -0.25) is 9.59 Å². The minimum Gasteiger partial charge on any atom is -0.493 e. The third-order valence-corrected chi connectivity index (χ3v) is 4.35. The molecule has 2 aromatic rings. The van der Waals surface area contributed by atoms with E-state index in [1.165, 1.54) is 26.2 Å². The smallest absolute Gasteiger partial charge is 0.341 e. The van der Waals surface area contributed by atoms with Gasteiger partial charge in [0.05, 0.1) is 25.1 Å². The molecule has 7 nitrogen and oxygen atoms in total. The van der Waals surface area contributed by atoms with E-state index >= 15 is 0 Å². The van der Waals surface area contributed by atoms with Crippen molar-refractivity contribution in [3.63, 3.8) is 0 Å². The molecule has 0 spiro atoms. The quantitative estimate of drug-likeness (QED) is 0.451. The van der Waals surface area contributed by atoms with Crippen LogP contribution < -0.4 is 15.4 Å². The average molecular weight is 412 g/mol. The normalized spacial score (nSPS) is 10.2. The van der Waals surface area contributed by atoms with Crippen molar-refractivity contribution in [3.8, 4) is 5.75 Å². The molecule has 0 aromatic heterocycles. The Kier molecular flexibility index (Phi) is 8.87. The molecule has 0 unspecified atom stereocenters. The molecule has 2 N–H and O–H groups in total. The summed E-state index contributed by atoms with van der Waals surface area (Å²) in [6.45, 7) is 3.82. The minimum atomic E-state index is -0.587. The summed E-state index contributed by atoms with van der Waals surface area (Å²) in [4.78, 5) is 36.4. The Morgan fingerprint density at radius 3 is 2.33 bits per heavy atom. The lowest BCUT2D eigenvalue weighted by Gasteiger charge is -2.17. The monoisotopic (exact) mass is 412 g/mol. The third-order valence-electron chi connectivity index (χ3n) is 4.35. The molecule has 0 radical (unpaired) electrons. The molecule has 0 fully saturated rings. The number of unbranched alkanes of at least 4 members (excludes halogenated alkanes) is 1. The second kappa shape index (κ2) is 11.6. The van der Waals surface area contributed by atoms with E-state index in [0.717, 1.165) is 18.4 Å². The Balaban J connectivity index is 2.26. The van der Waals surface area contributed by atoms with Crippen molar-refractivity contribution >= 4 is 29.2 Å². The summed E-state index contributed by atoms with van der Waals surface area (Å²) < 4.78 is 10.6. The van der Waals surface area contributed by atoms with Crippen LogP contribution in [0.2, 0.25) is 0 Å². The highest BCUT2D eigenvalue weighted by Gasteiger charge is 2.19. The van der Waals surface area contributed by atoms with Crippen molar-refractivity contribution in [3.05, 3.63) is 53.6 Å². The van der Waals surface area contributed by atoms with Gasteiger partial charge in [-0.05, 0) is 24.5 Å². The molecule has 2 rings (SSSR count). The van der Waals surface area contributed by atoms with Gasteiger partial charge < -0.3 is 20.1 Å². The fourth-order valence-corrected chi connectivity index (χ4v) is 2.81. The summed E-state index contributed by atoms with van der Waals surface area (Å²) >= 11 is 0. The van der Waals surface area contributed by atoms with Crippen LogP contribution in [-0.2, 0) is 20.7 Å². The van der Waals surface area contributed by atoms with Gasteiger partial charge in [-0.25, -0.2) is 4.79 Å². The van der Waals surface area contributed by atoms with Crippen LogP contribution >= 0.6 is 0 Å². The fourth-order valence-electron chi connectivity index (χ4n) is 2.81. The Hall–Kier alpha value is -3.35. The number of rotatable bonds is 10. The third kappa shape index (κ3) is 6.92. The van der Waals surface area contributed by atoms with Crippen molar-refractivity contribution in [2.75, 3.05) is 24.4 Å². The van der Waals surface area contributed by atoms with Gasteiger partial charge in [0.15, 0.2) is 0 Å². The predicted octanol–water partition coefficient (Wildman–Crippen LogP) is 4.18. The number of hydrogen-bond acceptors (Lipinski definition) is 5. The lowest BCUT2D eigenvalue weighted by atomic mass is 10.1. The Morgan fingerprint density at radius 1 is 1.00 bits per heavy atom. The lowest BCUT2D eigenvalue weighted by Crippen LogP contribution is -2.17.